The molecule has 1 aliphatic heterocycles. The van der Waals surface area contributed by atoms with E-state index in [1.165, 1.54) is 48.8 Å². The molecular formula is C38H45Cl2F2N3O10S. The first-order chi connectivity index (χ1) is 26.5. The van der Waals surface area contributed by atoms with Gasteiger partial charge in [0.1, 0.15) is 24.1 Å². The van der Waals surface area contributed by atoms with Crippen molar-refractivity contribution in [1.29, 1.82) is 0 Å². The molecule has 0 bridgehead atoms. The number of rotatable bonds is 19. The summed E-state index contributed by atoms with van der Waals surface area (Å²) in [5.74, 6) is -2.21. The second-order valence-corrected chi connectivity index (χ2v) is 16.9. The van der Waals surface area contributed by atoms with Crippen LogP contribution in [0.15, 0.2) is 48.8 Å². The molecule has 1 N–H and O–H groups in total. The van der Waals surface area contributed by atoms with Gasteiger partial charge in [-0.2, -0.15) is 8.78 Å². The van der Waals surface area contributed by atoms with Gasteiger partial charge in [0.25, 0.3) is 0 Å². The number of carbonyl (C=O) groups excluding carboxylic acids is 2. The van der Waals surface area contributed by atoms with Gasteiger partial charge < -0.3 is 28.4 Å². The Balaban J connectivity index is 1.42. The standard InChI is InChI=1S/C38H45Cl2F2N3O10S/c1-38(2,3)55-35(46)23-56(48,49)44-19-27-16-26(7-8-31(27)51-15-12-45-10-13-50-14-11-45)36(47)53-33(18-28-29(39)20-43-21-30(28)40)25-6-9-32(54-37(41)42)34(17-25)52-22-24-4-5-24/h6-9,16-17,20-21,24,33,37,44H,4-5,10-15,18-19,22-23H2,1-3H3. The number of esters is 2. The van der Waals surface area contributed by atoms with Crippen molar-refractivity contribution in [2.45, 2.75) is 64.9 Å². The SMILES string of the molecule is CC(C)(C)OC(=O)CS(=O)(=O)NCc1cc(C(=O)OC(Cc2c(Cl)cncc2Cl)c2ccc(OC(F)F)c(OCC3CC3)c2)ccc1OCCN1CCOCC1. The first-order valence-corrected chi connectivity index (χ1v) is 20.4. The number of aromatic nitrogens is 1. The van der Waals surface area contributed by atoms with E-state index >= 15 is 0 Å². The molecule has 13 nitrogen and oxygen atoms in total. The summed E-state index contributed by atoms with van der Waals surface area (Å²) in [6, 6.07) is 8.67. The van der Waals surface area contributed by atoms with Gasteiger partial charge in [-0.05, 0) is 81.0 Å². The topological polar surface area (TPSA) is 152 Å². The Hall–Kier alpha value is -3.80. The molecule has 2 fully saturated rings. The lowest BCUT2D eigenvalue weighted by atomic mass is 10.0. The minimum absolute atomic E-state index is 0.0339. The summed E-state index contributed by atoms with van der Waals surface area (Å²) in [7, 11) is -4.18. The Kier molecular flexibility index (Phi) is 15.1. The number of nitrogens with zero attached hydrogens (tertiary/aromatic N) is 2. The van der Waals surface area contributed by atoms with Gasteiger partial charge in [0.15, 0.2) is 17.3 Å². The fraction of sp³-hybridized carbons (Fsp3) is 0.500. The lowest BCUT2D eigenvalue weighted by Gasteiger charge is -2.26. The highest BCUT2D eigenvalue weighted by atomic mass is 35.5. The van der Waals surface area contributed by atoms with Crippen LogP contribution in [0.25, 0.3) is 0 Å². The van der Waals surface area contributed by atoms with Crippen molar-refractivity contribution in [2.75, 3.05) is 51.8 Å². The van der Waals surface area contributed by atoms with Crippen LogP contribution in [0, 0.1) is 5.92 Å². The van der Waals surface area contributed by atoms with E-state index in [4.69, 9.17) is 51.6 Å². The van der Waals surface area contributed by atoms with Gasteiger partial charge in [-0.3, -0.25) is 14.7 Å². The summed E-state index contributed by atoms with van der Waals surface area (Å²) in [4.78, 5) is 32.4. The van der Waals surface area contributed by atoms with Gasteiger partial charge in [-0.1, -0.05) is 29.3 Å². The molecule has 1 aromatic heterocycles. The summed E-state index contributed by atoms with van der Waals surface area (Å²) >= 11 is 12.9. The van der Waals surface area contributed by atoms with Crippen molar-refractivity contribution < 1.29 is 55.2 Å². The molecule has 5 rings (SSSR count). The monoisotopic (exact) mass is 843 g/mol. The highest BCUT2D eigenvalue weighted by Gasteiger charge is 2.28. The predicted molar refractivity (Wildman–Crippen MR) is 203 cm³/mol. The van der Waals surface area contributed by atoms with Crippen LogP contribution in [-0.2, 0) is 42.0 Å². The number of carbonyl (C=O) groups is 2. The molecule has 306 valence electrons. The zero-order valence-corrected chi connectivity index (χ0v) is 33.6. The number of benzene rings is 2. The van der Waals surface area contributed by atoms with E-state index in [1.807, 2.05) is 0 Å². The highest BCUT2D eigenvalue weighted by Crippen LogP contribution is 2.38. The van der Waals surface area contributed by atoms with Crippen molar-refractivity contribution in [3.8, 4) is 17.2 Å². The van der Waals surface area contributed by atoms with E-state index < -0.39 is 46.0 Å². The van der Waals surface area contributed by atoms with Gasteiger partial charge in [0.2, 0.25) is 10.0 Å². The molecule has 1 aliphatic carbocycles. The molecule has 0 spiro atoms. The number of pyridine rings is 1. The molecule has 2 heterocycles. The average molecular weight is 845 g/mol. The van der Waals surface area contributed by atoms with Gasteiger partial charge in [-0.25, -0.2) is 17.9 Å². The van der Waals surface area contributed by atoms with E-state index in [0.29, 0.717) is 49.2 Å². The molecule has 3 aromatic rings. The molecule has 56 heavy (non-hydrogen) atoms. The second-order valence-electron chi connectivity index (χ2n) is 14.3. The summed E-state index contributed by atoms with van der Waals surface area (Å²) in [6.45, 7) is 5.23. The number of hydrogen-bond acceptors (Lipinski definition) is 12. The third-order valence-corrected chi connectivity index (χ3v) is 10.4. The first kappa shape index (κ1) is 43.3. The van der Waals surface area contributed by atoms with Crippen LogP contribution in [0.2, 0.25) is 10.0 Å². The molecule has 1 unspecified atom stereocenters. The lowest BCUT2D eigenvalue weighted by molar-refractivity contribution is -0.151. The van der Waals surface area contributed by atoms with Crippen molar-refractivity contribution in [3.63, 3.8) is 0 Å². The number of hydrogen-bond donors (Lipinski definition) is 1. The maximum Gasteiger partial charge on any atom is 0.387 e. The highest BCUT2D eigenvalue weighted by molar-refractivity contribution is 7.90. The molecule has 1 saturated carbocycles. The minimum atomic E-state index is -4.18. The largest absolute Gasteiger partial charge is 0.492 e. The molecule has 2 aromatic carbocycles. The molecule has 1 atom stereocenters. The molecule has 18 heteroatoms. The third kappa shape index (κ3) is 13.7. The fourth-order valence-electron chi connectivity index (χ4n) is 5.63. The quantitative estimate of drug-likeness (QED) is 0.133. The Morgan fingerprint density at radius 3 is 2.36 bits per heavy atom. The van der Waals surface area contributed by atoms with Crippen molar-refractivity contribution >= 4 is 45.2 Å². The van der Waals surface area contributed by atoms with Gasteiger partial charge in [0.05, 0.1) is 35.4 Å². The third-order valence-electron chi connectivity index (χ3n) is 8.59. The summed E-state index contributed by atoms with van der Waals surface area (Å²) in [6.07, 6.45) is 3.56. The normalized spacial score (nSPS) is 15.6. The molecule has 0 radical (unpaired) electrons. The minimum Gasteiger partial charge on any atom is -0.492 e. The predicted octanol–water partition coefficient (Wildman–Crippen LogP) is 6.39. The summed E-state index contributed by atoms with van der Waals surface area (Å²) in [5.41, 5.74) is 0.218. The van der Waals surface area contributed by atoms with E-state index in [9.17, 15) is 26.8 Å². The number of halogens is 4. The van der Waals surface area contributed by atoms with Crippen LogP contribution in [0.1, 0.15) is 66.8 Å². The zero-order chi connectivity index (χ0) is 40.5. The number of sulfonamides is 1. The Labute approximate surface area is 334 Å². The van der Waals surface area contributed by atoms with Crippen LogP contribution >= 0.6 is 23.2 Å². The van der Waals surface area contributed by atoms with Crippen molar-refractivity contribution in [2.24, 2.45) is 5.92 Å². The molecule has 2 aliphatic rings. The maximum absolute atomic E-state index is 14.0. The summed E-state index contributed by atoms with van der Waals surface area (Å²) < 4.78 is 88.1. The van der Waals surface area contributed by atoms with Crippen molar-refractivity contribution in [1.82, 2.24) is 14.6 Å². The fourth-order valence-corrected chi connectivity index (χ4v) is 6.99. The number of morpholine rings is 1. The lowest BCUT2D eigenvalue weighted by Crippen LogP contribution is -2.38. The van der Waals surface area contributed by atoms with E-state index in [-0.39, 0.29) is 52.2 Å². The van der Waals surface area contributed by atoms with Gasteiger partial charge in [0, 0.05) is 50.6 Å². The molecule has 0 amide bonds. The van der Waals surface area contributed by atoms with E-state index in [2.05, 4.69) is 14.6 Å². The van der Waals surface area contributed by atoms with E-state index in [0.717, 1.165) is 25.9 Å². The Morgan fingerprint density at radius 2 is 1.70 bits per heavy atom. The number of ether oxygens (including phenoxy) is 6. The van der Waals surface area contributed by atoms with Crippen LogP contribution in [0.4, 0.5) is 8.78 Å². The van der Waals surface area contributed by atoms with Gasteiger partial charge >= 0.3 is 18.6 Å². The van der Waals surface area contributed by atoms with Crippen LogP contribution in [0.3, 0.4) is 0 Å². The molecular weight excluding hydrogens is 799 g/mol. The Morgan fingerprint density at radius 1 is 1.00 bits per heavy atom. The first-order valence-electron chi connectivity index (χ1n) is 18.0. The molecule has 1 saturated heterocycles. The smallest absolute Gasteiger partial charge is 0.387 e. The van der Waals surface area contributed by atoms with Gasteiger partial charge in [-0.15, -0.1) is 0 Å². The number of nitrogens with one attached hydrogen (secondary N) is 1. The van der Waals surface area contributed by atoms with Crippen LogP contribution < -0.4 is 18.9 Å². The summed E-state index contributed by atoms with van der Waals surface area (Å²) in [5, 5.41) is 0.418. The van der Waals surface area contributed by atoms with Crippen LogP contribution in [0.5, 0.6) is 17.2 Å². The maximum atomic E-state index is 14.0. The second kappa shape index (κ2) is 19.6. The number of alkyl halides is 2. The average Bonchev–Trinajstić information content (AvgIpc) is 3.96. The van der Waals surface area contributed by atoms with Crippen LogP contribution in [-0.4, -0.2) is 94.3 Å². The zero-order valence-electron chi connectivity index (χ0n) is 31.2. The van der Waals surface area contributed by atoms with Crippen molar-refractivity contribution in [3.05, 3.63) is 81.1 Å². The Bertz CT molecular complexity index is 1920. The van der Waals surface area contributed by atoms with E-state index in [1.54, 1.807) is 20.8 Å².